The van der Waals surface area contributed by atoms with Crippen LogP contribution in [-0.4, -0.2) is 19.8 Å². The molecular formula is C13H20BrNO2S. The van der Waals surface area contributed by atoms with Crippen molar-refractivity contribution in [3.63, 3.8) is 0 Å². The van der Waals surface area contributed by atoms with Crippen LogP contribution in [0.1, 0.15) is 25.0 Å². The number of rotatable bonds is 5. The van der Waals surface area contributed by atoms with Gasteiger partial charge in [0.1, 0.15) is 0 Å². The van der Waals surface area contributed by atoms with Gasteiger partial charge in [0.2, 0.25) is 10.0 Å². The maximum atomic E-state index is 12.3. The molecule has 0 saturated carbocycles. The standard InChI is InChI=1S/C13H20BrNO2S/c1-9(2)12(8-14)15-18(16,17)13-6-5-10(3)7-11(13)4/h5-7,9,12,15H,8H2,1-4H3. The average Bonchev–Trinajstić information content (AvgIpc) is 2.24. The molecular weight excluding hydrogens is 314 g/mol. The third-order valence-corrected chi connectivity index (χ3v) is 5.25. The van der Waals surface area contributed by atoms with Crippen LogP contribution in [0.2, 0.25) is 0 Å². The molecule has 3 nitrogen and oxygen atoms in total. The molecule has 0 aliphatic rings. The van der Waals surface area contributed by atoms with E-state index in [9.17, 15) is 8.42 Å². The van der Waals surface area contributed by atoms with Crippen molar-refractivity contribution in [2.75, 3.05) is 5.33 Å². The van der Waals surface area contributed by atoms with Crippen LogP contribution in [0.5, 0.6) is 0 Å². The maximum Gasteiger partial charge on any atom is 0.241 e. The number of halogens is 1. The lowest BCUT2D eigenvalue weighted by Gasteiger charge is -2.20. The second kappa shape index (κ2) is 6.17. The van der Waals surface area contributed by atoms with Crippen LogP contribution >= 0.6 is 15.9 Å². The molecule has 1 aromatic carbocycles. The fourth-order valence-electron chi connectivity index (χ4n) is 1.71. The lowest BCUT2D eigenvalue weighted by Crippen LogP contribution is -2.39. The van der Waals surface area contributed by atoms with Crippen LogP contribution in [0.4, 0.5) is 0 Å². The highest BCUT2D eigenvalue weighted by atomic mass is 79.9. The van der Waals surface area contributed by atoms with Gasteiger partial charge < -0.3 is 0 Å². The van der Waals surface area contributed by atoms with Gasteiger partial charge in [0.25, 0.3) is 0 Å². The van der Waals surface area contributed by atoms with Crippen molar-refractivity contribution in [3.05, 3.63) is 29.3 Å². The van der Waals surface area contributed by atoms with E-state index in [0.717, 1.165) is 11.1 Å². The van der Waals surface area contributed by atoms with E-state index in [1.54, 1.807) is 6.07 Å². The van der Waals surface area contributed by atoms with Crippen molar-refractivity contribution >= 4 is 26.0 Å². The summed E-state index contributed by atoms with van der Waals surface area (Å²) in [6.07, 6.45) is 0. The highest BCUT2D eigenvalue weighted by Crippen LogP contribution is 2.18. The summed E-state index contributed by atoms with van der Waals surface area (Å²) >= 11 is 3.34. The molecule has 1 N–H and O–H groups in total. The fourth-order valence-corrected chi connectivity index (χ4v) is 4.44. The zero-order valence-electron chi connectivity index (χ0n) is 11.2. The lowest BCUT2D eigenvalue weighted by atomic mass is 10.1. The molecule has 0 heterocycles. The smallest absolute Gasteiger partial charge is 0.207 e. The predicted molar refractivity (Wildman–Crippen MR) is 78.7 cm³/mol. The van der Waals surface area contributed by atoms with Crippen LogP contribution in [0, 0.1) is 19.8 Å². The van der Waals surface area contributed by atoms with Gasteiger partial charge in [0, 0.05) is 11.4 Å². The molecule has 18 heavy (non-hydrogen) atoms. The Bertz CT molecular complexity index is 512. The lowest BCUT2D eigenvalue weighted by molar-refractivity contribution is 0.483. The molecule has 0 spiro atoms. The SMILES string of the molecule is Cc1ccc(S(=O)(=O)NC(CBr)C(C)C)c(C)c1. The van der Waals surface area contributed by atoms with Crippen molar-refractivity contribution in [2.24, 2.45) is 5.92 Å². The van der Waals surface area contributed by atoms with Crippen LogP contribution in [0.3, 0.4) is 0 Å². The molecule has 0 aliphatic heterocycles. The first kappa shape index (κ1) is 15.7. The molecule has 0 aliphatic carbocycles. The number of hydrogen-bond acceptors (Lipinski definition) is 2. The first-order valence-corrected chi connectivity index (χ1v) is 8.54. The number of aryl methyl sites for hydroxylation is 2. The predicted octanol–water partition coefficient (Wildman–Crippen LogP) is 3.00. The Balaban J connectivity index is 3.06. The molecule has 0 radical (unpaired) electrons. The molecule has 0 bridgehead atoms. The second-order valence-corrected chi connectivity index (χ2v) is 7.22. The zero-order valence-corrected chi connectivity index (χ0v) is 13.6. The highest BCUT2D eigenvalue weighted by Gasteiger charge is 2.22. The summed E-state index contributed by atoms with van der Waals surface area (Å²) in [6.45, 7) is 7.76. The van der Waals surface area contributed by atoms with E-state index in [1.165, 1.54) is 0 Å². The molecule has 1 unspecified atom stereocenters. The molecule has 0 fully saturated rings. The Labute approximate surface area is 118 Å². The van der Waals surface area contributed by atoms with Crippen LogP contribution in [-0.2, 0) is 10.0 Å². The average molecular weight is 334 g/mol. The number of benzene rings is 1. The Kier molecular flexibility index (Phi) is 5.37. The van der Waals surface area contributed by atoms with E-state index < -0.39 is 10.0 Å². The number of alkyl halides is 1. The van der Waals surface area contributed by atoms with E-state index in [-0.39, 0.29) is 12.0 Å². The Hall–Kier alpha value is -0.390. The maximum absolute atomic E-state index is 12.3. The van der Waals surface area contributed by atoms with E-state index in [0.29, 0.717) is 10.2 Å². The van der Waals surface area contributed by atoms with Crippen LogP contribution in [0.25, 0.3) is 0 Å². The molecule has 5 heteroatoms. The summed E-state index contributed by atoms with van der Waals surface area (Å²) < 4.78 is 27.4. The summed E-state index contributed by atoms with van der Waals surface area (Å²) in [7, 11) is -3.44. The molecule has 0 amide bonds. The molecule has 1 atom stereocenters. The van der Waals surface area contributed by atoms with E-state index in [4.69, 9.17) is 0 Å². The zero-order chi connectivity index (χ0) is 13.9. The molecule has 1 rings (SSSR count). The second-order valence-electron chi connectivity index (χ2n) is 4.90. The van der Waals surface area contributed by atoms with Gasteiger partial charge in [0.05, 0.1) is 4.90 Å². The normalized spacial score (nSPS) is 13.9. The van der Waals surface area contributed by atoms with Crippen LogP contribution < -0.4 is 4.72 Å². The quantitative estimate of drug-likeness (QED) is 0.842. The van der Waals surface area contributed by atoms with Gasteiger partial charge in [-0.15, -0.1) is 0 Å². The Morgan fingerprint density at radius 2 is 1.89 bits per heavy atom. The van der Waals surface area contributed by atoms with Crippen molar-refractivity contribution in [1.29, 1.82) is 0 Å². The monoisotopic (exact) mass is 333 g/mol. The summed E-state index contributed by atoms with van der Waals surface area (Å²) in [5.41, 5.74) is 1.84. The summed E-state index contributed by atoms with van der Waals surface area (Å²) in [4.78, 5) is 0.361. The number of sulfonamides is 1. The number of nitrogens with one attached hydrogen (secondary N) is 1. The topological polar surface area (TPSA) is 46.2 Å². The van der Waals surface area contributed by atoms with E-state index in [1.807, 2.05) is 39.8 Å². The Morgan fingerprint density at radius 3 is 2.33 bits per heavy atom. The van der Waals surface area contributed by atoms with Gasteiger partial charge in [-0.2, -0.15) is 0 Å². The third-order valence-electron chi connectivity index (χ3n) is 2.90. The van der Waals surface area contributed by atoms with Crippen LogP contribution in [0.15, 0.2) is 23.1 Å². The molecule has 0 saturated heterocycles. The van der Waals surface area contributed by atoms with Crippen molar-refractivity contribution in [2.45, 2.75) is 38.6 Å². The minimum absolute atomic E-state index is 0.101. The minimum Gasteiger partial charge on any atom is -0.207 e. The van der Waals surface area contributed by atoms with E-state index >= 15 is 0 Å². The fraction of sp³-hybridized carbons (Fsp3) is 0.538. The Morgan fingerprint density at radius 1 is 1.28 bits per heavy atom. The summed E-state index contributed by atoms with van der Waals surface area (Å²) in [5, 5.41) is 0.606. The first-order valence-electron chi connectivity index (χ1n) is 5.93. The van der Waals surface area contributed by atoms with Gasteiger partial charge in [-0.3, -0.25) is 0 Å². The summed E-state index contributed by atoms with van der Waals surface area (Å²) in [5.74, 6) is 0.241. The van der Waals surface area contributed by atoms with Crippen molar-refractivity contribution in [1.82, 2.24) is 4.72 Å². The van der Waals surface area contributed by atoms with Gasteiger partial charge in [-0.05, 0) is 31.4 Å². The van der Waals surface area contributed by atoms with E-state index in [2.05, 4.69) is 20.7 Å². The highest BCUT2D eigenvalue weighted by molar-refractivity contribution is 9.09. The number of hydrogen-bond donors (Lipinski definition) is 1. The van der Waals surface area contributed by atoms with Crippen molar-refractivity contribution in [3.8, 4) is 0 Å². The third kappa shape index (κ3) is 3.80. The molecule has 102 valence electrons. The van der Waals surface area contributed by atoms with Gasteiger partial charge >= 0.3 is 0 Å². The van der Waals surface area contributed by atoms with Gasteiger partial charge in [-0.1, -0.05) is 47.5 Å². The van der Waals surface area contributed by atoms with Gasteiger partial charge in [-0.25, -0.2) is 13.1 Å². The van der Waals surface area contributed by atoms with Crippen molar-refractivity contribution < 1.29 is 8.42 Å². The minimum atomic E-state index is -3.44. The largest absolute Gasteiger partial charge is 0.241 e. The van der Waals surface area contributed by atoms with Gasteiger partial charge in [0.15, 0.2) is 0 Å². The molecule has 1 aromatic rings. The molecule has 0 aromatic heterocycles. The first-order chi connectivity index (χ1) is 8.27. The summed E-state index contributed by atoms with van der Waals surface area (Å²) in [6, 6.07) is 5.27.